The summed E-state index contributed by atoms with van der Waals surface area (Å²) in [5.74, 6) is 0.162. The van der Waals surface area contributed by atoms with Crippen LogP contribution in [0, 0.1) is 13.7 Å². The Labute approximate surface area is 170 Å². The van der Waals surface area contributed by atoms with Crippen molar-refractivity contribution in [3.05, 3.63) is 31.4 Å². The topological polar surface area (TPSA) is 52.6 Å². The van der Waals surface area contributed by atoms with Crippen molar-refractivity contribution >= 4 is 56.9 Å². The number of aryl methyl sites for hydroxylation is 1. The van der Waals surface area contributed by atoms with Gasteiger partial charge in [-0.05, 0) is 76.2 Å². The third-order valence-corrected chi connectivity index (χ3v) is 3.84. The number of hydrogen-bond acceptors (Lipinski definition) is 4. The summed E-state index contributed by atoms with van der Waals surface area (Å²) in [7, 11) is 1.63. The summed E-state index contributed by atoms with van der Waals surface area (Å²) in [5.41, 5.74) is 1.04. The van der Waals surface area contributed by atoms with Gasteiger partial charge in [0.2, 0.25) is 0 Å². The first kappa shape index (κ1) is 20.6. The minimum Gasteiger partial charge on any atom is -0.611 e. The van der Waals surface area contributed by atoms with Crippen LogP contribution < -0.4 is 4.74 Å². The molecule has 0 aromatic heterocycles. The van der Waals surface area contributed by atoms with Crippen LogP contribution in [-0.4, -0.2) is 18.9 Å². The van der Waals surface area contributed by atoms with Gasteiger partial charge in [-0.2, -0.15) is 6.61 Å². The van der Waals surface area contributed by atoms with Crippen molar-refractivity contribution in [1.29, 1.82) is 0 Å². The Bertz CT molecular complexity index is 468. The molecule has 0 N–H and O–H groups in total. The van der Waals surface area contributed by atoms with Crippen LogP contribution in [0.3, 0.4) is 0 Å². The van der Waals surface area contributed by atoms with Gasteiger partial charge in [-0.3, -0.25) is 4.79 Å². The third kappa shape index (κ3) is 7.04. The van der Waals surface area contributed by atoms with Crippen LogP contribution in [0.5, 0.6) is 5.75 Å². The molecule has 0 aliphatic heterocycles. The first-order valence-corrected chi connectivity index (χ1v) is 7.65. The van der Waals surface area contributed by atoms with Gasteiger partial charge in [0.15, 0.2) is 0 Å². The molecule has 1 aromatic rings. The van der Waals surface area contributed by atoms with Crippen molar-refractivity contribution < 1.29 is 51.8 Å². The summed E-state index contributed by atoms with van der Waals surface area (Å²) in [6.07, 6.45) is 0.808. The molecule has 0 saturated heterocycles. The van der Waals surface area contributed by atoms with Gasteiger partial charge in [0.05, 0.1) is 14.3 Å². The number of hydrogen-bond donors (Lipinski definition) is 0. The fourth-order valence-electron chi connectivity index (χ4n) is 1.41. The van der Waals surface area contributed by atoms with Crippen LogP contribution in [0.2, 0.25) is 0 Å². The van der Waals surface area contributed by atoms with Gasteiger partial charge in [0.25, 0.3) is 5.97 Å². The number of esters is 1. The minimum absolute atomic E-state index is 0. The van der Waals surface area contributed by atoms with E-state index in [9.17, 15) is 9.59 Å². The molecule has 1 aromatic carbocycles. The zero-order valence-electron chi connectivity index (χ0n) is 11.1. The van der Waals surface area contributed by atoms with Crippen LogP contribution >= 0.6 is 45.2 Å². The van der Waals surface area contributed by atoms with E-state index in [0.717, 1.165) is 25.1 Å². The summed E-state index contributed by atoms with van der Waals surface area (Å²) in [6.45, 7) is 2.27. The monoisotopic (exact) mass is 576 g/mol. The fourth-order valence-corrected chi connectivity index (χ4v) is 3.74. The molecule has 1 rings (SSSR count). The molecule has 0 bridgehead atoms. The molecule has 0 spiro atoms. The van der Waals surface area contributed by atoms with Gasteiger partial charge >= 0.3 is 0 Å². The maximum atomic E-state index is 11.4. The number of Topliss-reactive ketones (excluding diaryl/α,β-unsaturated/α-hetero) is 1. The maximum absolute atomic E-state index is 11.4. The number of ketones is 1. The second kappa shape index (κ2) is 10.3. The molecule has 1 radical (unpaired) electrons. The van der Waals surface area contributed by atoms with Gasteiger partial charge in [0, 0.05) is 44.9 Å². The third-order valence-electron chi connectivity index (χ3n) is 2.24. The average Bonchev–Trinajstić information content (AvgIpc) is 2.33. The number of benzene rings is 1. The van der Waals surface area contributed by atoms with E-state index < -0.39 is 5.97 Å². The second-order valence-electron chi connectivity index (χ2n) is 3.81. The zero-order valence-corrected chi connectivity index (χ0v) is 18.3. The van der Waals surface area contributed by atoms with E-state index >= 15 is 0 Å². The number of halogens is 2. The normalized spacial score (nSPS) is 9.40. The number of carbonyl (C=O) groups excluding carboxylic acids is 2. The maximum Gasteiger partial charge on any atom is 0.278 e. The molecule has 0 saturated carbocycles. The molecule has 0 unspecified atom stereocenters. The SMILES string of the molecule is COc1c(I)cc(CCC(=O)O[CH-]C(C)=O)cc1I.[Y]. The van der Waals surface area contributed by atoms with E-state index in [1.807, 2.05) is 12.1 Å². The standard InChI is InChI=1S/C13H13I2O4.Y/c1-8(16)7-19-12(17)4-3-9-5-10(14)13(18-2)11(15)6-9;/h5-7H,3-4H2,1-2H3;/q-1;. The molecule has 0 aliphatic rings. The smallest absolute Gasteiger partial charge is 0.278 e. The Hall–Kier alpha value is 0.594. The molecule has 0 heterocycles. The number of ether oxygens (including phenoxy) is 2. The Morgan fingerprint density at radius 3 is 2.25 bits per heavy atom. The molecule has 0 amide bonds. The molecule has 20 heavy (non-hydrogen) atoms. The van der Waals surface area contributed by atoms with E-state index in [-0.39, 0.29) is 44.9 Å². The van der Waals surface area contributed by atoms with E-state index in [2.05, 4.69) is 49.9 Å². The average molecular weight is 576 g/mol. The molecule has 7 heteroatoms. The Morgan fingerprint density at radius 2 is 1.80 bits per heavy atom. The molecule has 0 atom stereocenters. The van der Waals surface area contributed by atoms with Crippen LogP contribution in [-0.2, 0) is 53.5 Å². The quantitative estimate of drug-likeness (QED) is 0.297. The van der Waals surface area contributed by atoms with Crippen LogP contribution in [0.4, 0.5) is 0 Å². The first-order valence-electron chi connectivity index (χ1n) is 5.49. The van der Waals surface area contributed by atoms with Crippen molar-refractivity contribution in [3.8, 4) is 5.75 Å². The zero-order chi connectivity index (χ0) is 14.4. The predicted octanol–water partition coefficient (Wildman–Crippen LogP) is 3.13. The Morgan fingerprint density at radius 1 is 1.25 bits per heavy atom. The van der Waals surface area contributed by atoms with Crippen molar-refractivity contribution in [2.45, 2.75) is 19.8 Å². The Balaban J connectivity index is 0.00000361. The molecule has 0 fully saturated rings. The summed E-state index contributed by atoms with van der Waals surface area (Å²) in [6, 6.07) is 3.95. The van der Waals surface area contributed by atoms with Gasteiger partial charge in [0.1, 0.15) is 5.75 Å². The van der Waals surface area contributed by atoms with E-state index in [0.29, 0.717) is 6.42 Å². The van der Waals surface area contributed by atoms with Crippen molar-refractivity contribution in [3.63, 3.8) is 0 Å². The summed E-state index contributed by atoms with van der Waals surface area (Å²) >= 11 is 4.39. The predicted molar refractivity (Wildman–Crippen MR) is 87.8 cm³/mol. The summed E-state index contributed by atoms with van der Waals surface area (Å²) in [4.78, 5) is 22.0. The van der Waals surface area contributed by atoms with E-state index in [4.69, 9.17) is 4.74 Å². The van der Waals surface area contributed by atoms with Crippen LogP contribution in [0.15, 0.2) is 12.1 Å². The first-order chi connectivity index (χ1) is 8.93. The second-order valence-corrected chi connectivity index (χ2v) is 6.14. The molecule has 4 nitrogen and oxygen atoms in total. The van der Waals surface area contributed by atoms with E-state index in [1.54, 1.807) is 7.11 Å². The summed E-state index contributed by atoms with van der Waals surface area (Å²) in [5, 5.41) is 0. The largest absolute Gasteiger partial charge is 0.611 e. The molecular formula is C13H13I2O4Y-. The van der Waals surface area contributed by atoms with Crippen molar-refractivity contribution in [1.82, 2.24) is 0 Å². The van der Waals surface area contributed by atoms with Gasteiger partial charge in [-0.15, -0.1) is 0 Å². The summed E-state index contributed by atoms with van der Waals surface area (Å²) < 4.78 is 12.0. The van der Waals surface area contributed by atoms with Gasteiger partial charge in [-0.1, -0.05) is 0 Å². The van der Waals surface area contributed by atoms with Crippen LogP contribution in [0.25, 0.3) is 0 Å². The number of methoxy groups -OCH3 is 1. The van der Waals surface area contributed by atoms with Crippen molar-refractivity contribution in [2.24, 2.45) is 0 Å². The Kier molecular flexibility index (Phi) is 10.6. The number of carbonyl (C=O) groups is 2. The van der Waals surface area contributed by atoms with Crippen molar-refractivity contribution in [2.75, 3.05) is 7.11 Å². The van der Waals surface area contributed by atoms with E-state index in [1.165, 1.54) is 6.92 Å². The molecular weight excluding hydrogens is 563 g/mol. The van der Waals surface area contributed by atoms with Gasteiger partial charge < -0.3 is 14.3 Å². The fraction of sp³-hybridized carbons (Fsp3) is 0.308. The van der Waals surface area contributed by atoms with Crippen LogP contribution in [0.1, 0.15) is 18.9 Å². The number of rotatable bonds is 6. The van der Waals surface area contributed by atoms with Gasteiger partial charge in [-0.25, -0.2) is 0 Å². The molecule has 107 valence electrons. The minimum atomic E-state index is -0.406. The molecule has 0 aliphatic carbocycles.